The van der Waals surface area contributed by atoms with Gasteiger partial charge in [-0.25, -0.2) is 13.8 Å². The molecule has 0 heterocycles. The Morgan fingerprint density at radius 3 is 2.26 bits per heavy atom. The van der Waals surface area contributed by atoms with E-state index in [0.717, 1.165) is 10.6 Å². The number of sulfonamides is 1. The molecule has 1 N–H and O–H groups in total. The quantitative estimate of drug-likeness (QED) is 0.538. The molecule has 0 atom stereocenters. The molecule has 2 rings (SSSR count). The predicted octanol–water partition coefficient (Wildman–Crippen LogP) is 3.87. The van der Waals surface area contributed by atoms with Gasteiger partial charge in [-0.3, -0.25) is 9.10 Å². The summed E-state index contributed by atoms with van der Waals surface area (Å²) < 4.78 is 25.2. The monoisotopic (exact) mass is 447 g/mol. The lowest BCUT2D eigenvalue weighted by molar-refractivity contribution is -0.119. The largest absolute Gasteiger partial charge is 0.271 e. The van der Waals surface area contributed by atoms with Crippen LogP contribution < -0.4 is 9.73 Å². The first-order valence-electron chi connectivity index (χ1n) is 7.60. The van der Waals surface area contributed by atoms with Gasteiger partial charge in [0, 0.05) is 10.6 Å². The number of benzene rings is 2. The van der Waals surface area contributed by atoms with Crippen molar-refractivity contribution in [1.82, 2.24) is 5.43 Å². The molecule has 1 amide bonds. The maximum absolute atomic E-state index is 12.2. The van der Waals surface area contributed by atoms with E-state index in [-0.39, 0.29) is 0 Å². The molecule has 6 nitrogen and oxygen atoms in total. The second-order valence-corrected chi connectivity index (χ2v) is 8.71. The van der Waals surface area contributed by atoms with Crippen LogP contribution in [0.25, 0.3) is 0 Å². The highest BCUT2D eigenvalue weighted by molar-refractivity contribution is 7.92. The molecule has 144 valence electrons. The minimum Gasteiger partial charge on any atom is -0.271 e. The van der Waals surface area contributed by atoms with Crippen molar-refractivity contribution < 1.29 is 13.2 Å². The molecule has 0 aliphatic carbocycles. The van der Waals surface area contributed by atoms with E-state index < -0.39 is 22.5 Å². The maximum atomic E-state index is 12.2. The second kappa shape index (κ2) is 8.93. The highest BCUT2D eigenvalue weighted by Gasteiger charge is 2.23. The first kappa shape index (κ1) is 21.5. The van der Waals surface area contributed by atoms with Gasteiger partial charge in [0.05, 0.1) is 28.2 Å². The predicted molar refractivity (Wildman–Crippen MR) is 111 cm³/mol. The summed E-state index contributed by atoms with van der Waals surface area (Å²) in [7, 11) is -3.72. The van der Waals surface area contributed by atoms with Crippen molar-refractivity contribution in [2.24, 2.45) is 5.10 Å². The summed E-state index contributed by atoms with van der Waals surface area (Å²) in [5.41, 5.74) is 3.57. The number of carbonyl (C=O) groups excluding carboxylic acids is 1. The molecule has 0 saturated heterocycles. The molecule has 0 aliphatic heterocycles. The fraction of sp³-hybridized carbons (Fsp3) is 0.176. The number of hydrogen-bond acceptors (Lipinski definition) is 4. The summed E-state index contributed by atoms with van der Waals surface area (Å²) in [5.74, 6) is -0.640. The van der Waals surface area contributed by atoms with Crippen LogP contribution in [0.5, 0.6) is 0 Å². The summed E-state index contributed by atoms with van der Waals surface area (Å²) in [6, 6.07) is 9.75. The maximum Gasteiger partial charge on any atom is 0.260 e. The molecule has 0 aliphatic rings. The van der Waals surface area contributed by atoms with Gasteiger partial charge < -0.3 is 0 Å². The Kier molecular flexibility index (Phi) is 7.11. The average molecular weight is 449 g/mol. The number of nitrogens with zero attached hydrogens (tertiary/aromatic N) is 2. The van der Waals surface area contributed by atoms with Crippen molar-refractivity contribution in [3.8, 4) is 0 Å². The van der Waals surface area contributed by atoms with Gasteiger partial charge in [-0.1, -0.05) is 46.9 Å². The Balaban J connectivity index is 2.18. The number of carbonyl (C=O) groups is 1. The molecule has 2 aromatic rings. The molecule has 0 radical (unpaired) electrons. The van der Waals surface area contributed by atoms with Gasteiger partial charge in [0.25, 0.3) is 5.91 Å². The minimum atomic E-state index is -3.72. The first-order chi connectivity index (χ1) is 12.6. The second-order valence-electron chi connectivity index (χ2n) is 5.58. The Morgan fingerprint density at radius 2 is 1.67 bits per heavy atom. The third-order valence-electron chi connectivity index (χ3n) is 3.58. The van der Waals surface area contributed by atoms with Crippen LogP contribution in [0.2, 0.25) is 15.1 Å². The first-order valence-corrected chi connectivity index (χ1v) is 10.6. The van der Waals surface area contributed by atoms with E-state index in [2.05, 4.69) is 10.5 Å². The molecule has 0 saturated carbocycles. The fourth-order valence-electron chi connectivity index (χ4n) is 2.22. The van der Waals surface area contributed by atoms with Crippen LogP contribution >= 0.6 is 34.8 Å². The standard InChI is InChI=1S/C17H16Cl3N3O3S/c1-11-13(18)5-4-8-16(11)23(27(2,25)26)10-17(24)22-21-9-12-14(19)6-3-7-15(12)20/h3-9H,10H2,1-2H3,(H,22,24)/b21-9-. The van der Waals surface area contributed by atoms with Gasteiger partial charge in [-0.2, -0.15) is 5.10 Å². The van der Waals surface area contributed by atoms with Crippen LogP contribution in [0.1, 0.15) is 11.1 Å². The molecule has 2 aromatic carbocycles. The number of anilines is 1. The van der Waals surface area contributed by atoms with E-state index in [1.165, 1.54) is 6.21 Å². The Bertz CT molecular complexity index is 974. The Morgan fingerprint density at radius 1 is 1.11 bits per heavy atom. The lowest BCUT2D eigenvalue weighted by Crippen LogP contribution is -2.39. The van der Waals surface area contributed by atoms with Crippen molar-refractivity contribution in [3.63, 3.8) is 0 Å². The van der Waals surface area contributed by atoms with Crippen LogP contribution in [0.15, 0.2) is 41.5 Å². The molecule has 0 unspecified atom stereocenters. The number of rotatable bonds is 6. The third kappa shape index (κ3) is 5.59. The van der Waals surface area contributed by atoms with Crippen molar-refractivity contribution in [3.05, 3.63) is 62.6 Å². The van der Waals surface area contributed by atoms with Crippen LogP contribution in [0.4, 0.5) is 5.69 Å². The van der Waals surface area contributed by atoms with Crippen LogP contribution in [-0.2, 0) is 14.8 Å². The van der Waals surface area contributed by atoms with E-state index in [1.54, 1.807) is 43.3 Å². The number of hydrazone groups is 1. The number of halogens is 3. The van der Waals surface area contributed by atoms with E-state index in [4.69, 9.17) is 34.8 Å². The zero-order chi connectivity index (χ0) is 20.2. The number of amides is 1. The fourth-order valence-corrected chi connectivity index (χ4v) is 3.79. The van der Waals surface area contributed by atoms with Gasteiger partial charge in [0.15, 0.2) is 0 Å². The van der Waals surface area contributed by atoms with Crippen LogP contribution in [0, 0.1) is 6.92 Å². The molecule has 0 spiro atoms. The molecule has 27 heavy (non-hydrogen) atoms. The molecule has 10 heteroatoms. The summed E-state index contributed by atoms with van der Waals surface area (Å²) in [6.45, 7) is 1.21. The van der Waals surface area contributed by atoms with Crippen molar-refractivity contribution in [1.29, 1.82) is 0 Å². The van der Waals surface area contributed by atoms with Gasteiger partial charge in [-0.05, 0) is 36.8 Å². The summed E-state index contributed by atoms with van der Waals surface area (Å²) in [5, 5.41) is 4.92. The Hall–Kier alpha value is -1.80. The molecular formula is C17H16Cl3N3O3S. The average Bonchev–Trinajstić information content (AvgIpc) is 2.57. The molecule has 0 aromatic heterocycles. The SMILES string of the molecule is Cc1c(Cl)cccc1N(CC(=O)N/N=C\c1c(Cl)cccc1Cl)S(C)(=O)=O. The lowest BCUT2D eigenvalue weighted by atomic mass is 10.2. The minimum absolute atomic E-state index is 0.318. The summed E-state index contributed by atoms with van der Waals surface area (Å²) >= 11 is 18.1. The third-order valence-corrected chi connectivity index (χ3v) is 5.77. The van der Waals surface area contributed by atoms with Crippen molar-refractivity contribution >= 4 is 62.6 Å². The van der Waals surface area contributed by atoms with Gasteiger partial charge in [0.2, 0.25) is 10.0 Å². The zero-order valence-corrected chi connectivity index (χ0v) is 17.5. The van der Waals surface area contributed by atoms with Crippen LogP contribution in [0.3, 0.4) is 0 Å². The highest BCUT2D eigenvalue weighted by atomic mass is 35.5. The molecule has 0 bridgehead atoms. The summed E-state index contributed by atoms with van der Waals surface area (Å²) in [6.07, 6.45) is 2.30. The van der Waals surface area contributed by atoms with Crippen LogP contribution in [-0.4, -0.2) is 33.3 Å². The molecular weight excluding hydrogens is 433 g/mol. The lowest BCUT2D eigenvalue weighted by Gasteiger charge is -2.23. The van der Waals surface area contributed by atoms with E-state index >= 15 is 0 Å². The van der Waals surface area contributed by atoms with Gasteiger partial charge >= 0.3 is 0 Å². The number of hydrogen-bond donors (Lipinski definition) is 1. The van der Waals surface area contributed by atoms with Gasteiger partial charge in [-0.15, -0.1) is 0 Å². The number of nitrogens with one attached hydrogen (secondary N) is 1. The highest BCUT2D eigenvalue weighted by Crippen LogP contribution is 2.28. The van der Waals surface area contributed by atoms with E-state index in [0.29, 0.717) is 31.9 Å². The van der Waals surface area contributed by atoms with Crippen molar-refractivity contribution in [2.45, 2.75) is 6.92 Å². The normalized spacial score (nSPS) is 11.6. The summed E-state index contributed by atoms with van der Waals surface area (Å²) in [4.78, 5) is 12.2. The Labute approximate surface area is 172 Å². The van der Waals surface area contributed by atoms with E-state index in [1.807, 2.05) is 0 Å². The van der Waals surface area contributed by atoms with Crippen molar-refractivity contribution in [2.75, 3.05) is 17.1 Å². The smallest absolute Gasteiger partial charge is 0.260 e. The van der Waals surface area contributed by atoms with E-state index in [9.17, 15) is 13.2 Å². The topological polar surface area (TPSA) is 78.8 Å². The van der Waals surface area contributed by atoms with Gasteiger partial charge in [0.1, 0.15) is 6.54 Å². The molecule has 0 fully saturated rings. The zero-order valence-electron chi connectivity index (χ0n) is 14.4.